The summed E-state index contributed by atoms with van der Waals surface area (Å²) in [6.07, 6.45) is 11.3. The Morgan fingerprint density at radius 3 is 2.44 bits per heavy atom. The number of nitrogens with one attached hydrogen (secondary N) is 1. The molecule has 1 saturated carbocycles. The number of piperidine rings is 1. The highest BCUT2D eigenvalue weighted by Gasteiger charge is 2.24. The second-order valence-corrected chi connectivity index (χ2v) is 5.88. The maximum atomic E-state index is 11.6. The Morgan fingerprint density at radius 1 is 1.00 bits per heavy atom. The third-order valence-corrected chi connectivity index (χ3v) is 4.37. The average molecular weight is 252 g/mol. The number of amides is 1. The van der Waals surface area contributed by atoms with Crippen LogP contribution in [0.4, 0.5) is 0 Å². The van der Waals surface area contributed by atoms with Gasteiger partial charge < -0.3 is 10.2 Å². The van der Waals surface area contributed by atoms with E-state index in [4.69, 9.17) is 0 Å². The van der Waals surface area contributed by atoms with E-state index in [-0.39, 0.29) is 0 Å². The van der Waals surface area contributed by atoms with Crippen molar-refractivity contribution in [2.75, 3.05) is 26.2 Å². The zero-order valence-electron chi connectivity index (χ0n) is 11.6. The van der Waals surface area contributed by atoms with Crippen LogP contribution in [-0.2, 0) is 4.79 Å². The van der Waals surface area contributed by atoms with Crippen LogP contribution in [-0.4, -0.2) is 37.0 Å². The molecule has 2 fully saturated rings. The van der Waals surface area contributed by atoms with Gasteiger partial charge in [-0.3, -0.25) is 4.79 Å². The van der Waals surface area contributed by atoms with Crippen molar-refractivity contribution >= 4 is 5.91 Å². The molecule has 1 saturated heterocycles. The molecule has 3 nitrogen and oxygen atoms in total. The third-order valence-electron chi connectivity index (χ3n) is 4.37. The predicted molar refractivity (Wildman–Crippen MR) is 74.5 cm³/mol. The Kier molecular flexibility index (Phi) is 5.98. The maximum absolute atomic E-state index is 11.6. The number of hydrogen-bond acceptors (Lipinski definition) is 2. The fourth-order valence-corrected chi connectivity index (χ4v) is 2.85. The minimum atomic E-state index is 0.303. The lowest BCUT2D eigenvalue weighted by Crippen LogP contribution is -2.35. The molecule has 1 amide bonds. The molecule has 0 bridgehead atoms. The Labute approximate surface area is 111 Å². The summed E-state index contributed by atoms with van der Waals surface area (Å²) in [7, 11) is 0. The molecular weight excluding hydrogens is 224 g/mol. The number of rotatable bonds is 7. The first kappa shape index (κ1) is 13.9. The van der Waals surface area contributed by atoms with Crippen molar-refractivity contribution in [1.82, 2.24) is 10.2 Å². The Balaban J connectivity index is 1.40. The number of unbranched alkanes of at least 4 members (excludes halogenated alkanes) is 2. The van der Waals surface area contributed by atoms with Crippen LogP contribution in [0.1, 0.15) is 57.8 Å². The van der Waals surface area contributed by atoms with E-state index in [1.54, 1.807) is 0 Å². The van der Waals surface area contributed by atoms with Gasteiger partial charge in [0.2, 0.25) is 5.91 Å². The van der Waals surface area contributed by atoms with E-state index in [0.29, 0.717) is 11.8 Å². The van der Waals surface area contributed by atoms with Gasteiger partial charge in [-0.05, 0) is 58.2 Å². The zero-order chi connectivity index (χ0) is 12.6. The molecule has 2 rings (SSSR count). The molecule has 1 aliphatic heterocycles. The zero-order valence-corrected chi connectivity index (χ0v) is 11.6. The summed E-state index contributed by atoms with van der Waals surface area (Å²) >= 11 is 0. The van der Waals surface area contributed by atoms with Crippen molar-refractivity contribution in [3.05, 3.63) is 0 Å². The molecular formula is C15H28N2O. The number of hydrogen-bond donors (Lipinski definition) is 1. The lowest BCUT2D eigenvalue weighted by atomic mass is 9.85. The Bertz CT molecular complexity index is 245. The molecule has 1 heterocycles. The standard InChI is InChI=1S/C15H28N2O/c18-15(14-8-7-9-14)16-10-3-1-4-11-17-12-5-2-6-13-17/h14H,1-13H2,(H,16,18). The molecule has 0 radical (unpaired) electrons. The van der Waals surface area contributed by atoms with E-state index < -0.39 is 0 Å². The van der Waals surface area contributed by atoms with Gasteiger partial charge in [0.1, 0.15) is 0 Å². The van der Waals surface area contributed by atoms with Crippen LogP contribution in [0.15, 0.2) is 0 Å². The first-order valence-corrected chi connectivity index (χ1v) is 7.86. The Hall–Kier alpha value is -0.570. The minimum Gasteiger partial charge on any atom is -0.356 e. The van der Waals surface area contributed by atoms with Gasteiger partial charge in [0.05, 0.1) is 0 Å². The average Bonchev–Trinajstić information content (AvgIpc) is 2.33. The van der Waals surface area contributed by atoms with Crippen LogP contribution in [0.2, 0.25) is 0 Å². The van der Waals surface area contributed by atoms with E-state index >= 15 is 0 Å². The molecule has 1 aliphatic carbocycles. The quantitative estimate of drug-likeness (QED) is 0.706. The summed E-state index contributed by atoms with van der Waals surface area (Å²) < 4.78 is 0. The smallest absolute Gasteiger partial charge is 0.223 e. The van der Waals surface area contributed by atoms with E-state index in [0.717, 1.165) is 25.8 Å². The minimum absolute atomic E-state index is 0.303. The predicted octanol–water partition coefficient (Wildman–Crippen LogP) is 2.56. The number of likely N-dealkylation sites (tertiary alicyclic amines) is 1. The first-order chi connectivity index (χ1) is 8.86. The Morgan fingerprint density at radius 2 is 1.78 bits per heavy atom. The summed E-state index contributed by atoms with van der Waals surface area (Å²) in [6.45, 7) is 4.75. The fraction of sp³-hybridized carbons (Fsp3) is 0.933. The second-order valence-electron chi connectivity index (χ2n) is 5.88. The third kappa shape index (κ3) is 4.60. The van der Waals surface area contributed by atoms with Gasteiger partial charge in [-0.25, -0.2) is 0 Å². The maximum Gasteiger partial charge on any atom is 0.223 e. The molecule has 18 heavy (non-hydrogen) atoms. The van der Waals surface area contributed by atoms with Crippen LogP contribution in [0.25, 0.3) is 0 Å². The molecule has 0 spiro atoms. The highest BCUT2D eigenvalue weighted by atomic mass is 16.1. The van der Waals surface area contributed by atoms with Crippen molar-refractivity contribution in [2.24, 2.45) is 5.92 Å². The van der Waals surface area contributed by atoms with E-state index in [9.17, 15) is 4.79 Å². The fourth-order valence-electron chi connectivity index (χ4n) is 2.85. The monoisotopic (exact) mass is 252 g/mol. The van der Waals surface area contributed by atoms with Gasteiger partial charge in [0.15, 0.2) is 0 Å². The van der Waals surface area contributed by atoms with Crippen LogP contribution >= 0.6 is 0 Å². The number of nitrogens with zero attached hydrogens (tertiary/aromatic N) is 1. The SMILES string of the molecule is O=C(NCCCCCN1CCCCC1)C1CCC1. The molecule has 0 unspecified atom stereocenters. The van der Waals surface area contributed by atoms with Gasteiger partial charge in [-0.2, -0.15) is 0 Å². The lowest BCUT2D eigenvalue weighted by Gasteiger charge is -2.26. The van der Waals surface area contributed by atoms with Gasteiger partial charge in [-0.1, -0.05) is 19.3 Å². The molecule has 0 aromatic heterocycles. The van der Waals surface area contributed by atoms with E-state index in [1.807, 2.05) is 0 Å². The van der Waals surface area contributed by atoms with Crippen LogP contribution in [0.3, 0.4) is 0 Å². The first-order valence-electron chi connectivity index (χ1n) is 7.86. The molecule has 1 N–H and O–H groups in total. The van der Waals surface area contributed by atoms with Gasteiger partial charge >= 0.3 is 0 Å². The molecule has 0 aromatic carbocycles. The van der Waals surface area contributed by atoms with Crippen molar-refractivity contribution in [2.45, 2.75) is 57.8 Å². The molecule has 3 heteroatoms. The van der Waals surface area contributed by atoms with Crippen LogP contribution < -0.4 is 5.32 Å². The highest BCUT2D eigenvalue weighted by molar-refractivity contribution is 5.79. The van der Waals surface area contributed by atoms with Crippen molar-refractivity contribution in [3.8, 4) is 0 Å². The van der Waals surface area contributed by atoms with E-state index in [2.05, 4.69) is 10.2 Å². The normalized spacial score (nSPS) is 21.6. The van der Waals surface area contributed by atoms with Crippen LogP contribution in [0, 0.1) is 5.92 Å². The van der Waals surface area contributed by atoms with Gasteiger partial charge in [0.25, 0.3) is 0 Å². The molecule has 0 atom stereocenters. The molecule has 104 valence electrons. The van der Waals surface area contributed by atoms with Gasteiger partial charge in [-0.15, -0.1) is 0 Å². The second kappa shape index (κ2) is 7.78. The summed E-state index contributed by atoms with van der Waals surface area (Å²) in [4.78, 5) is 14.2. The summed E-state index contributed by atoms with van der Waals surface area (Å²) in [5, 5.41) is 3.07. The largest absolute Gasteiger partial charge is 0.356 e. The lowest BCUT2D eigenvalue weighted by molar-refractivity contribution is -0.127. The molecule has 2 aliphatic rings. The van der Waals surface area contributed by atoms with Crippen molar-refractivity contribution < 1.29 is 4.79 Å². The highest BCUT2D eigenvalue weighted by Crippen LogP contribution is 2.26. The molecule has 0 aromatic rings. The summed E-state index contributed by atoms with van der Waals surface area (Å²) in [6, 6.07) is 0. The van der Waals surface area contributed by atoms with E-state index in [1.165, 1.54) is 58.2 Å². The van der Waals surface area contributed by atoms with Crippen LogP contribution in [0.5, 0.6) is 0 Å². The van der Waals surface area contributed by atoms with Gasteiger partial charge in [0, 0.05) is 12.5 Å². The number of carbonyl (C=O) groups excluding carboxylic acids is 1. The summed E-state index contributed by atoms with van der Waals surface area (Å²) in [5.74, 6) is 0.649. The summed E-state index contributed by atoms with van der Waals surface area (Å²) in [5.41, 5.74) is 0. The van der Waals surface area contributed by atoms with Crippen molar-refractivity contribution in [1.29, 1.82) is 0 Å². The number of carbonyl (C=O) groups is 1. The van der Waals surface area contributed by atoms with Crippen molar-refractivity contribution in [3.63, 3.8) is 0 Å². The topological polar surface area (TPSA) is 32.3 Å².